The number of rotatable bonds is 2. The molecule has 2 saturated carbocycles. The second-order valence-corrected chi connectivity index (χ2v) is 6.98. The Morgan fingerprint density at radius 1 is 1.11 bits per heavy atom. The predicted octanol–water partition coefficient (Wildman–Crippen LogP) is 6.09. The Bertz CT molecular complexity index is 262. The van der Waals surface area contributed by atoms with Gasteiger partial charge in [-0.1, -0.05) is 65.2 Å². The van der Waals surface area contributed by atoms with Gasteiger partial charge in [-0.3, -0.25) is 0 Å². The predicted molar refractivity (Wildman–Crippen MR) is 82.8 cm³/mol. The zero-order valence-corrected chi connectivity index (χ0v) is 13.4. The lowest BCUT2D eigenvalue weighted by molar-refractivity contribution is 0.142. The molecule has 0 amide bonds. The van der Waals surface area contributed by atoms with Crippen LogP contribution in [0.25, 0.3) is 0 Å². The summed E-state index contributed by atoms with van der Waals surface area (Å²) in [4.78, 5) is 0. The molecule has 0 aliphatic heterocycles. The van der Waals surface area contributed by atoms with Crippen molar-refractivity contribution in [2.24, 2.45) is 17.3 Å². The van der Waals surface area contributed by atoms with Gasteiger partial charge in [0.2, 0.25) is 0 Å². The highest BCUT2D eigenvalue weighted by molar-refractivity contribution is 5.01. The normalized spacial score (nSPS) is 34.8. The van der Waals surface area contributed by atoms with Crippen LogP contribution < -0.4 is 0 Å². The molecule has 0 heterocycles. The molecular formula is C18H33N. The van der Waals surface area contributed by atoms with Gasteiger partial charge in [-0.05, 0) is 38.0 Å². The molecule has 1 heteroatoms. The van der Waals surface area contributed by atoms with Gasteiger partial charge in [0, 0.05) is 0 Å². The summed E-state index contributed by atoms with van der Waals surface area (Å²) in [5, 5.41) is 9.09. The summed E-state index contributed by atoms with van der Waals surface area (Å²) in [6.45, 7) is 6.62. The van der Waals surface area contributed by atoms with Gasteiger partial charge in [-0.15, -0.1) is 0 Å². The Kier molecular flexibility index (Phi) is 7.51. The average Bonchev–Trinajstić information content (AvgIpc) is 2.46. The average molecular weight is 263 g/mol. The van der Waals surface area contributed by atoms with Crippen LogP contribution in [0, 0.1) is 28.6 Å². The minimum Gasteiger partial charge on any atom is -0.198 e. The van der Waals surface area contributed by atoms with Crippen molar-refractivity contribution in [2.45, 2.75) is 91.4 Å². The monoisotopic (exact) mass is 263 g/mol. The summed E-state index contributed by atoms with van der Waals surface area (Å²) in [6, 6.07) is 2.49. The minimum absolute atomic E-state index is 0.0375. The Balaban J connectivity index is 0.000000250. The number of nitriles is 1. The standard InChI is InChI=1S/C12H21N.C6H12/c1-4-5-11-6-7-12(3,9-13)10(2)8-11;1-2-4-6-5-3-1/h10-11H,4-8H2,1-3H3;1-6H2. The molecule has 3 unspecified atom stereocenters. The number of nitrogens with zero attached hydrogens (tertiary/aromatic N) is 1. The van der Waals surface area contributed by atoms with E-state index in [9.17, 15) is 0 Å². The fourth-order valence-corrected chi connectivity index (χ4v) is 3.53. The zero-order valence-electron chi connectivity index (χ0n) is 13.4. The van der Waals surface area contributed by atoms with Crippen LogP contribution in [0.1, 0.15) is 91.4 Å². The Morgan fingerprint density at radius 2 is 1.63 bits per heavy atom. The van der Waals surface area contributed by atoms with Crippen molar-refractivity contribution in [3.05, 3.63) is 0 Å². The Labute approximate surface area is 120 Å². The van der Waals surface area contributed by atoms with Crippen molar-refractivity contribution in [3.63, 3.8) is 0 Å². The van der Waals surface area contributed by atoms with E-state index in [1.807, 2.05) is 0 Å². The molecule has 3 atom stereocenters. The van der Waals surface area contributed by atoms with Gasteiger partial charge in [0.05, 0.1) is 11.5 Å². The fraction of sp³-hybridized carbons (Fsp3) is 0.944. The SMILES string of the molecule is C1CCCCC1.CCCC1CCC(C)(C#N)C(C)C1. The number of hydrogen-bond acceptors (Lipinski definition) is 1. The molecule has 2 aliphatic carbocycles. The second kappa shape index (κ2) is 8.62. The summed E-state index contributed by atoms with van der Waals surface area (Å²) in [6.07, 6.45) is 15.3. The molecular weight excluding hydrogens is 230 g/mol. The molecule has 0 aromatic heterocycles. The van der Waals surface area contributed by atoms with E-state index in [-0.39, 0.29) is 5.41 Å². The lowest BCUT2D eigenvalue weighted by Crippen LogP contribution is -2.31. The van der Waals surface area contributed by atoms with E-state index in [1.165, 1.54) is 64.2 Å². The van der Waals surface area contributed by atoms with Gasteiger partial charge in [0.25, 0.3) is 0 Å². The first-order chi connectivity index (χ1) is 9.12. The van der Waals surface area contributed by atoms with Crippen LogP contribution in [0.5, 0.6) is 0 Å². The maximum Gasteiger partial charge on any atom is 0.0689 e. The molecule has 0 spiro atoms. The minimum atomic E-state index is -0.0375. The Hall–Kier alpha value is -0.510. The second-order valence-electron chi connectivity index (χ2n) is 6.98. The lowest BCUT2D eigenvalue weighted by atomic mass is 9.65. The van der Waals surface area contributed by atoms with Gasteiger partial charge < -0.3 is 0 Å². The van der Waals surface area contributed by atoms with Gasteiger partial charge >= 0.3 is 0 Å². The molecule has 1 nitrogen and oxygen atoms in total. The zero-order chi connectivity index (χ0) is 14.1. The summed E-state index contributed by atoms with van der Waals surface area (Å²) < 4.78 is 0. The van der Waals surface area contributed by atoms with E-state index >= 15 is 0 Å². The van der Waals surface area contributed by atoms with Crippen LogP contribution in [0.15, 0.2) is 0 Å². The van der Waals surface area contributed by atoms with Crippen LogP contribution in [-0.4, -0.2) is 0 Å². The quantitative estimate of drug-likeness (QED) is 0.591. The van der Waals surface area contributed by atoms with Crippen LogP contribution >= 0.6 is 0 Å². The highest BCUT2D eigenvalue weighted by Gasteiger charge is 2.36. The summed E-state index contributed by atoms with van der Waals surface area (Å²) in [5.41, 5.74) is -0.0375. The summed E-state index contributed by atoms with van der Waals surface area (Å²) >= 11 is 0. The molecule has 0 aromatic rings. The maximum absolute atomic E-state index is 9.09. The fourth-order valence-electron chi connectivity index (χ4n) is 3.53. The van der Waals surface area contributed by atoms with Crippen molar-refractivity contribution in [1.29, 1.82) is 5.26 Å². The smallest absolute Gasteiger partial charge is 0.0689 e. The van der Waals surface area contributed by atoms with E-state index < -0.39 is 0 Å². The third-order valence-electron chi connectivity index (χ3n) is 5.30. The molecule has 0 saturated heterocycles. The van der Waals surface area contributed by atoms with Gasteiger partial charge in [0.15, 0.2) is 0 Å². The third kappa shape index (κ3) is 5.55. The summed E-state index contributed by atoms with van der Waals surface area (Å²) in [5.74, 6) is 1.48. The number of hydrogen-bond donors (Lipinski definition) is 0. The molecule has 0 aromatic carbocycles. The third-order valence-corrected chi connectivity index (χ3v) is 5.30. The molecule has 0 radical (unpaired) electrons. The topological polar surface area (TPSA) is 23.8 Å². The largest absolute Gasteiger partial charge is 0.198 e. The Morgan fingerprint density at radius 3 is 2.00 bits per heavy atom. The van der Waals surface area contributed by atoms with Gasteiger partial charge in [-0.2, -0.15) is 5.26 Å². The van der Waals surface area contributed by atoms with Crippen molar-refractivity contribution in [3.8, 4) is 6.07 Å². The molecule has 0 bridgehead atoms. The first-order valence-corrected chi connectivity index (χ1v) is 8.53. The van der Waals surface area contributed by atoms with Crippen LogP contribution in [0.2, 0.25) is 0 Å². The highest BCUT2D eigenvalue weighted by atomic mass is 14.4. The van der Waals surface area contributed by atoms with E-state index in [0.29, 0.717) is 5.92 Å². The highest BCUT2D eigenvalue weighted by Crippen LogP contribution is 2.43. The van der Waals surface area contributed by atoms with Crippen LogP contribution in [-0.2, 0) is 0 Å². The maximum atomic E-state index is 9.09. The van der Waals surface area contributed by atoms with E-state index in [4.69, 9.17) is 5.26 Å². The van der Waals surface area contributed by atoms with Crippen LogP contribution in [0.4, 0.5) is 0 Å². The molecule has 19 heavy (non-hydrogen) atoms. The first kappa shape index (κ1) is 16.5. The molecule has 0 N–H and O–H groups in total. The first-order valence-electron chi connectivity index (χ1n) is 8.53. The lowest BCUT2D eigenvalue weighted by Gasteiger charge is -2.38. The molecule has 110 valence electrons. The van der Waals surface area contributed by atoms with E-state index in [0.717, 1.165) is 12.3 Å². The van der Waals surface area contributed by atoms with Gasteiger partial charge in [-0.25, -0.2) is 0 Å². The molecule has 2 aliphatic rings. The van der Waals surface area contributed by atoms with Crippen molar-refractivity contribution in [2.75, 3.05) is 0 Å². The molecule has 2 rings (SSSR count). The molecule has 2 fully saturated rings. The van der Waals surface area contributed by atoms with Crippen molar-refractivity contribution >= 4 is 0 Å². The van der Waals surface area contributed by atoms with Crippen LogP contribution in [0.3, 0.4) is 0 Å². The van der Waals surface area contributed by atoms with E-state index in [2.05, 4.69) is 26.8 Å². The van der Waals surface area contributed by atoms with E-state index in [1.54, 1.807) is 0 Å². The van der Waals surface area contributed by atoms with Gasteiger partial charge in [0.1, 0.15) is 0 Å². The van der Waals surface area contributed by atoms with Crippen molar-refractivity contribution in [1.82, 2.24) is 0 Å². The summed E-state index contributed by atoms with van der Waals surface area (Å²) in [7, 11) is 0. The van der Waals surface area contributed by atoms with Crippen molar-refractivity contribution < 1.29 is 0 Å².